The van der Waals surface area contributed by atoms with Crippen molar-refractivity contribution >= 4 is 17.5 Å². The van der Waals surface area contributed by atoms with E-state index in [1.165, 1.54) is 18.3 Å². The van der Waals surface area contributed by atoms with Crippen LogP contribution in [0.5, 0.6) is 11.5 Å². The van der Waals surface area contributed by atoms with E-state index in [4.69, 9.17) is 9.47 Å². The molecule has 2 aromatic carbocycles. The molecule has 0 amide bonds. The monoisotopic (exact) mass is 355 g/mol. The molecule has 0 spiro atoms. The van der Waals surface area contributed by atoms with Crippen LogP contribution in [0.2, 0.25) is 0 Å². The van der Waals surface area contributed by atoms with Crippen molar-refractivity contribution in [1.82, 2.24) is 15.2 Å². The topological polar surface area (TPSA) is 81.2 Å². The summed E-state index contributed by atoms with van der Waals surface area (Å²) in [6.45, 7) is 0.512. The van der Waals surface area contributed by atoms with Gasteiger partial charge in [0, 0.05) is 12.2 Å². The summed E-state index contributed by atoms with van der Waals surface area (Å²) in [7, 11) is 3.18. The number of rotatable bonds is 7. The molecule has 0 fully saturated rings. The highest BCUT2D eigenvalue weighted by atomic mass is 19.1. The molecule has 0 aliphatic carbocycles. The molecule has 26 heavy (non-hydrogen) atoms. The Morgan fingerprint density at radius 1 is 1.04 bits per heavy atom. The largest absolute Gasteiger partial charge is 0.493 e. The molecule has 0 saturated heterocycles. The van der Waals surface area contributed by atoms with Crippen LogP contribution in [0.3, 0.4) is 0 Å². The van der Waals surface area contributed by atoms with E-state index in [2.05, 4.69) is 25.8 Å². The van der Waals surface area contributed by atoms with E-state index >= 15 is 0 Å². The van der Waals surface area contributed by atoms with Crippen LogP contribution in [0.15, 0.2) is 48.7 Å². The summed E-state index contributed by atoms with van der Waals surface area (Å²) >= 11 is 0. The first kappa shape index (κ1) is 17.4. The number of ether oxygens (including phenoxy) is 2. The molecule has 1 heterocycles. The van der Waals surface area contributed by atoms with Gasteiger partial charge in [-0.1, -0.05) is 12.1 Å². The number of anilines is 3. The lowest BCUT2D eigenvalue weighted by Crippen LogP contribution is -2.06. The molecular weight excluding hydrogens is 337 g/mol. The van der Waals surface area contributed by atoms with Gasteiger partial charge in [-0.25, -0.2) is 4.39 Å². The van der Waals surface area contributed by atoms with Gasteiger partial charge in [0.05, 0.1) is 20.4 Å². The van der Waals surface area contributed by atoms with Crippen LogP contribution in [-0.4, -0.2) is 29.4 Å². The van der Waals surface area contributed by atoms with Gasteiger partial charge in [-0.15, -0.1) is 5.10 Å². The van der Waals surface area contributed by atoms with Gasteiger partial charge >= 0.3 is 0 Å². The molecule has 0 radical (unpaired) electrons. The van der Waals surface area contributed by atoms with E-state index < -0.39 is 0 Å². The minimum absolute atomic E-state index is 0.271. The van der Waals surface area contributed by atoms with Gasteiger partial charge in [-0.2, -0.15) is 10.1 Å². The third kappa shape index (κ3) is 4.35. The Kier molecular flexibility index (Phi) is 5.43. The Labute approximate surface area is 150 Å². The number of aromatic nitrogens is 3. The predicted octanol–water partition coefficient (Wildman–Crippen LogP) is 3.38. The van der Waals surface area contributed by atoms with Crippen molar-refractivity contribution in [2.45, 2.75) is 6.54 Å². The van der Waals surface area contributed by atoms with Gasteiger partial charge < -0.3 is 20.1 Å². The smallest absolute Gasteiger partial charge is 0.249 e. The number of methoxy groups -OCH3 is 2. The molecule has 0 bridgehead atoms. The quantitative estimate of drug-likeness (QED) is 0.672. The summed E-state index contributed by atoms with van der Waals surface area (Å²) in [6, 6.07) is 11.7. The molecule has 134 valence electrons. The first-order valence-electron chi connectivity index (χ1n) is 7.85. The maximum Gasteiger partial charge on any atom is 0.249 e. The van der Waals surface area contributed by atoms with E-state index in [-0.39, 0.29) is 11.8 Å². The van der Waals surface area contributed by atoms with E-state index in [0.29, 0.717) is 29.5 Å². The maximum atomic E-state index is 13.2. The van der Waals surface area contributed by atoms with Crippen molar-refractivity contribution in [3.63, 3.8) is 0 Å². The molecular formula is C18H18FN5O2. The van der Waals surface area contributed by atoms with Crippen molar-refractivity contribution in [1.29, 1.82) is 0 Å². The Morgan fingerprint density at radius 2 is 1.88 bits per heavy atom. The third-order valence-corrected chi connectivity index (χ3v) is 3.56. The first-order valence-corrected chi connectivity index (χ1v) is 7.85. The molecule has 7 nitrogen and oxygen atoms in total. The number of nitrogens with one attached hydrogen (secondary N) is 2. The average molecular weight is 355 g/mol. The van der Waals surface area contributed by atoms with Gasteiger partial charge in [0.1, 0.15) is 5.82 Å². The van der Waals surface area contributed by atoms with Gasteiger partial charge in [0.2, 0.25) is 5.95 Å². The molecule has 0 aliphatic heterocycles. The zero-order valence-corrected chi connectivity index (χ0v) is 14.4. The van der Waals surface area contributed by atoms with Gasteiger partial charge in [0.15, 0.2) is 17.3 Å². The standard InChI is InChI=1S/C18H18FN5O2/c1-25-15-7-6-12(8-16(15)26-2)10-20-17-11-21-24-18(23-17)22-14-5-3-4-13(19)9-14/h3-9,11H,10H2,1-2H3,(H2,20,22,23,24). The molecule has 0 unspecified atom stereocenters. The number of hydrogen-bond acceptors (Lipinski definition) is 7. The fraction of sp³-hybridized carbons (Fsp3) is 0.167. The zero-order valence-electron chi connectivity index (χ0n) is 14.4. The summed E-state index contributed by atoms with van der Waals surface area (Å²) in [5.74, 6) is 1.79. The Morgan fingerprint density at radius 3 is 2.65 bits per heavy atom. The minimum atomic E-state index is -0.342. The van der Waals surface area contributed by atoms with Crippen LogP contribution in [-0.2, 0) is 6.54 Å². The highest BCUT2D eigenvalue weighted by Gasteiger charge is 2.06. The summed E-state index contributed by atoms with van der Waals surface area (Å²) in [5, 5.41) is 13.9. The van der Waals surface area contributed by atoms with Crippen LogP contribution in [0.25, 0.3) is 0 Å². The average Bonchev–Trinajstić information content (AvgIpc) is 2.66. The number of halogens is 1. The van der Waals surface area contributed by atoms with E-state index in [9.17, 15) is 4.39 Å². The molecule has 8 heteroatoms. The first-order chi connectivity index (χ1) is 12.7. The number of nitrogens with zero attached hydrogens (tertiary/aromatic N) is 3. The molecule has 3 rings (SSSR count). The van der Waals surface area contributed by atoms with Gasteiger partial charge in [-0.05, 0) is 35.9 Å². The molecule has 0 atom stereocenters. The van der Waals surface area contributed by atoms with Crippen LogP contribution in [0.1, 0.15) is 5.56 Å². The van der Waals surface area contributed by atoms with Crippen LogP contribution >= 0.6 is 0 Å². The Balaban J connectivity index is 1.67. The second-order valence-electron chi connectivity index (χ2n) is 5.34. The van der Waals surface area contributed by atoms with Crippen molar-refractivity contribution in [2.75, 3.05) is 24.9 Å². The van der Waals surface area contributed by atoms with Crippen molar-refractivity contribution in [2.24, 2.45) is 0 Å². The normalized spacial score (nSPS) is 10.3. The lowest BCUT2D eigenvalue weighted by Gasteiger charge is -2.11. The fourth-order valence-electron chi connectivity index (χ4n) is 2.32. The van der Waals surface area contributed by atoms with E-state index in [1.54, 1.807) is 26.4 Å². The molecule has 0 saturated carbocycles. The second-order valence-corrected chi connectivity index (χ2v) is 5.34. The minimum Gasteiger partial charge on any atom is -0.493 e. The molecule has 2 N–H and O–H groups in total. The zero-order chi connectivity index (χ0) is 18.4. The lowest BCUT2D eigenvalue weighted by molar-refractivity contribution is 0.354. The summed E-state index contributed by atoms with van der Waals surface area (Å²) in [6.07, 6.45) is 1.51. The number of hydrogen-bond donors (Lipinski definition) is 2. The van der Waals surface area contributed by atoms with Gasteiger partial charge in [-0.3, -0.25) is 0 Å². The lowest BCUT2D eigenvalue weighted by atomic mass is 10.2. The molecule has 3 aromatic rings. The highest BCUT2D eigenvalue weighted by molar-refractivity contribution is 5.54. The number of benzene rings is 2. The van der Waals surface area contributed by atoms with Crippen LogP contribution in [0, 0.1) is 5.82 Å². The summed E-state index contributed by atoms with van der Waals surface area (Å²) < 4.78 is 23.8. The Hall–Kier alpha value is -3.42. The maximum absolute atomic E-state index is 13.2. The summed E-state index contributed by atoms with van der Waals surface area (Å²) in [4.78, 5) is 4.31. The molecule has 0 aliphatic rings. The second kappa shape index (κ2) is 8.11. The van der Waals surface area contributed by atoms with Gasteiger partial charge in [0.25, 0.3) is 0 Å². The SMILES string of the molecule is COc1ccc(CNc2cnnc(Nc3cccc(F)c3)n2)cc1OC. The highest BCUT2D eigenvalue weighted by Crippen LogP contribution is 2.27. The fourth-order valence-corrected chi connectivity index (χ4v) is 2.32. The van der Waals surface area contributed by atoms with Crippen molar-refractivity contribution in [3.8, 4) is 11.5 Å². The Bertz CT molecular complexity index is 891. The van der Waals surface area contributed by atoms with E-state index in [0.717, 1.165) is 5.56 Å². The van der Waals surface area contributed by atoms with Crippen LogP contribution < -0.4 is 20.1 Å². The summed E-state index contributed by atoms with van der Waals surface area (Å²) in [5.41, 5.74) is 1.53. The van der Waals surface area contributed by atoms with Crippen LogP contribution in [0.4, 0.5) is 21.8 Å². The van der Waals surface area contributed by atoms with Crippen molar-refractivity contribution in [3.05, 3.63) is 60.0 Å². The molecule has 1 aromatic heterocycles. The van der Waals surface area contributed by atoms with Crippen molar-refractivity contribution < 1.29 is 13.9 Å². The third-order valence-electron chi connectivity index (χ3n) is 3.56. The predicted molar refractivity (Wildman–Crippen MR) is 96.4 cm³/mol. The van der Waals surface area contributed by atoms with E-state index in [1.807, 2.05) is 18.2 Å².